The Morgan fingerprint density at radius 1 is 1.12 bits per heavy atom. The van der Waals surface area contributed by atoms with Gasteiger partial charge in [-0.15, -0.1) is 0 Å². The molecular weight excluding hydrogens is 334 g/mol. The van der Waals surface area contributed by atoms with Crippen LogP contribution in [0, 0.1) is 0 Å². The largest absolute Gasteiger partial charge is 0.481 e. The third-order valence-corrected chi connectivity index (χ3v) is 5.23. The van der Waals surface area contributed by atoms with Crippen LogP contribution in [-0.4, -0.2) is 23.2 Å². The normalized spacial score (nSPS) is 20.7. The van der Waals surface area contributed by atoms with Gasteiger partial charge in [0.2, 0.25) is 0 Å². The van der Waals surface area contributed by atoms with Gasteiger partial charge in [-0.3, -0.25) is 4.79 Å². The van der Waals surface area contributed by atoms with Gasteiger partial charge in [0.05, 0.1) is 0 Å². The van der Waals surface area contributed by atoms with E-state index in [4.69, 9.17) is 16.7 Å². The van der Waals surface area contributed by atoms with Crippen LogP contribution in [0.2, 0.25) is 5.02 Å². The van der Waals surface area contributed by atoms with Crippen LogP contribution in [0.5, 0.6) is 0 Å². The number of carboxylic acids is 1. The van der Waals surface area contributed by atoms with Gasteiger partial charge in [-0.25, -0.2) is 0 Å². The van der Waals surface area contributed by atoms with E-state index in [0.717, 1.165) is 24.3 Å². The molecular formula is C21H24ClNO2. The fourth-order valence-corrected chi connectivity index (χ4v) is 3.66. The zero-order valence-corrected chi connectivity index (χ0v) is 15.0. The lowest BCUT2D eigenvalue weighted by Gasteiger charge is -2.39. The summed E-state index contributed by atoms with van der Waals surface area (Å²) in [5.41, 5.74) is 2.59. The summed E-state index contributed by atoms with van der Waals surface area (Å²) in [7, 11) is 0. The molecule has 0 spiro atoms. The molecule has 1 saturated carbocycles. The summed E-state index contributed by atoms with van der Waals surface area (Å²) in [5, 5.41) is 13.5. The van der Waals surface area contributed by atoms with Crippen molar-refractivity contribution < 1.29 is 9.90 Å². The second-order valence-corrected chi connectivity index (χ2v) is 7.34. The van der Waals surface area contributed by atoms with Crippen LogP contribution < -0.4 is 5.32 Å². The second kappa shape index (κ2) is 8.50. The van der Waals surface area contributed by atoms with Crippen molar-refractivity contribution in [2.45, 2.75) is 50.1 Å². The summed E-state index contributed by atoms with van der Waals surface area (Å²) < 4.78 is 0. The highest BCUT2D eigenvalue weighted by Gasteiger charge is 2.31. The summed E-state index contributed by atoms with van der Waals surface area (Å²) in [6, 6.07) is 19.0. The number of carboxylic acid groups (broad SMARTS) is 1. The Kier molecular flexibility index (Phi) is 6.11. The fraction of sp³-hybridized carbons (Fsp3) is 0.381. The maximum absolute atomic E-state index is 11.0. The number of hydrogen-bond acceptors (Lipinski definition) is 2. The molecule has 1 unspecified atom stereocenters. The van der Waals surface area contributed by atoms with E-state index in [2.05, 4.69) is 29.6 Å². The third kappa shape index (κ3) is 5.32. The molecule has 0 amide bonds. The molecule has 1 atom stereocenters. The van der Waals surface area contributed by atoms with Gasteiger partial charge in [0.25, 0.3) is 0 Å². The first-order chi connectivity index (χ1) is 12.1. The van der Waals surface area contributed by atoms with Gasteiger partial charge in [0.1, 0.15) is 0 Å². The van der Waals surface area contributed by atoms with E-state index >= 15 is 0 Å². The molecule has 3 nitrogen and oxygen atoms in total. The molecule has 2 aromatic rings. The maximum atomic E-state index is 11.0. The van der Waals surface area contributed by atoms with E-state index in [1.165, 1.54) is 11.1 Å². The number of rotatable bonds is 8. The van der Waals surface area contributed by atoms with Crippen LogP contribution in [0.4, 0.5) is 0 Å². The van der Waals surface area contributed by atoms with Gasteiger partial charge in [-0.1, -0.05) is 54.1 Å². The summed E-state index contributed by atoms with van der Waals surface area (Å²) in [6.07, 6.45) is 3.93. The molecule has 0 bridgehead atoms. The van der Waals surface area contributed by atoms with Crippen molar-refractivity contribution in [2.24, 2.45) is 0 Å². The van der Waals surface area contributed by atoms with Crippen molar-refractivity contribution >= 4 is 17.6 Å². The van der Waals surface area contributed by atoms with Crippen molar-refractivity contribution in [3.63, 3.8) is 0 Å². The lowest BCUT2D eigenvalue weighted by atomic mass is 9.75. The molecule has 0 radical (unpaired) electrons. The fourth-order valence-electron chi connectivity index (χ4n) is 3.54. The molecule has 3 rings (SSSR count). The van der Waals surface area contributed by atoms with Crippen molar-refractivity contribution in [3.05, 3.63) is 70.7 Å². The van der Waals surface area contributed by atoms with Crippen LogP contribution in [0.1, 0.15) is 42.7 Å². The molecule has 4 heteroatoms. The van der Waals surface area contributed by atoms with E-state index in [1.54, 1.807) is 0 Å². The standard InChI is InChI=1S/C21H24ClNO2/c22-18-8-6-16(7-9-18)17-13-20(14-17)23-19(10-11-21(24)25)12-15-4-2-1-3-5-15/h1-9,17,19-20,23H,10-14H2,(H,24,25). The molecule has 132 valence electrons. The number of halogens is 1. The highest BCUT2D eigenvalue weighted by molar-refractivity contribution is 6.30. The average Bonchev–Trinajstić information content (AvgIpc) is 2.57. The Bertz CT molecular complexity index is 681. The first-order valence-corrected chi connectivity index (χ1v) is 9.25. The number of carbonyl (C=O) groups is 1. The molecule has 0 heterocycles. The van der Waals surface area contributed by atoms with Gasteiger partial charge >= 0.3 is 5.97 Å². The number of aliphatic carboxylic acids is 1. The Balaban J connectivity index is 1.53. The van der Waals surface area contributed by atoms with E-state index < -0.39 is 5.97 Å². The highest BCUT2D eigenvalue weighted by atomic mass is 35.5. The minimum Gasteiger partial charge on any atom is -0.481 e. The molecule has 0 aliphatic heterocycles. The number of benzene rings is 2. The average molecular weight is 358 g/mol. The van der Waals surface area contributed by atoms with Crippen LogP contribution in [0.15, 0.2) is 54.6 Å². The zero-order chi connectivity index (χ0) is 17.6. The first-order valence-electron chi connectivity index (χ1n) is 8.87. The van der Waals surface area contributed by atoms with E-state index in [1.807, 2.05) is 30.3 Å². The number of hydrogen-bond donors (Lipinski definition) is 2. The van der Waals surface area contributed by atoms with Crippen LogP contribution in [0.3, 0.4) is 0 Å². The van der Waals surface area contributed by atoms with E-state index in [9.17, 15) is 4.79 Å². The quantitative estimate of drug-likeness (QED) is 0.722. The van der Waals surface area contributed by atoms with Gasteiger partial charge in [0.15, 0.2) is 0 Å². The lowest BCUT2D eigenvalue weighted by Crippen LogP contribution is -2.46. The number of nitrogens with one attached hydrogen (secondary N) is 1. The molecule has 0 aromatic heterocycles. The van der Waals surface area contributed by atoms with Crippen molar-refractivity contribution in [3.8, 4) is 0 Å². The molecule has 2 N–H and O–H groups in total. The Hall–Kier alpha value is -1.84. The van der Waals surface area contributed by atoms with E-state index in [-0.39, 0.29) is 12.5 Å². The van der Waals surface area contributed by atoms with Gasteiger partial charge in [-0.05, 0) is 54.9 Å². The van der Waals surface area contributed by atoms with E-state index in [0.29, 0.717) is 18.4 Å². The third-order valence-electron chi connectivity index (χ3n) is 4.98. The first kappa shape index (κ1) is 18.0. The van der Waals surface area contributed by atoms with Gasteiger partial charge in [0, 0.05) is 23.5 Å². The summed E-state index contributed by atoms with van der Waals surface area (Å²) in [5.74, 6) is -0.154. The smallest absolute Gasteiger partial charge is 0.303 e. The predicted octanol–water partition coefficient (Wildman–Crippen LogP) is 4.65. The molecule has 25 heavy (non-hydrogen) atoms. The van der Waals surface area contributed by atoms with Gasteiger partial charge < -0.3 is 10.4 Å². The maximum Gasteiger partial charge on any atom is 0.303 e. The minimum absolute atomic E-state index is 0.203. The Morgan fingerprint density at radius 2 is 1.80 bits per heavy atom. The summed E-state index contributed by atoms with van der Waals surface area (Å²) in [6.45, 7) is 0. The van der Waals surface area contributed by atoms with Crippen molar-refractivity contribution in [1.29, 1.82) is 0 Å². The zero-order valence-electron chi connectivity index (χ0n) is 14.2. The second-order valence-electron chi connectivity index (χ2n) is 6.90. The monoisotopic (exact) mass is 357 g/mol. The van der Waals surface area contributed by atoms with Crippen molar-refractivity contribution in [1.82, 2.24) is 5.32 Å². The lowest BCUT2D eigenvalue weighted by molar-refractivity contribution is -0.137. The molecule has 1 aliphatic carbocycles. The predicted molar refractivity (Wildman–Crippen MR) is 101 cm³/mol. The SMILES string of the molecule is O=C(O)CCC(Cc1ccccc1)NC1CC(c2ccc(Cl)cc2)C1. The summed E-state index contributed by atoms with van der Waals surface area (Å²) in [4.78, 5) is 11.0. The van der Waals surface area contributed by atoms with Crippen LogP contribution >= 0.6 is 11.6 Å². The van der Waals surface area contributed by atoms with Crippen LogP contribution in [0.25, 0.3) is 0 Å². The molecule has 2 aromatic carbocycles. The topological polar surface area (TPSA) is 49.3 Å². The Morgan fingerprint density at radius 3 is 2.44 bits per heavy atom. The minimum atomic E-state index is -0.729. The highest BCUT2D eigenvalue weighted by Crippen LogP contribution is 2.37. The van der Waals surface area contributed by atoms with Crippen molar-refractivity contribution in [2.75, 3.05) is 0 Å². The molecule has 1 fully saturated rings. The van der Waals surface area contributed by atoms with Gasteiger partial charge in [-0.2, -0.15) is 0 Å². The Labute approximate surface area is 154 Å². The van der Waals surface area contributed by atoms with Crippen LogP contribution in [-0.2, 0) is 11.2 Å². The molecule has 1 aliphatic rings. The summed E-state index contributed by atoms with van der Waals surface area (Å²) >= 11 is 5.95. The molecule has 0 saturated heterocycles.